The Labute approximate surface area is 140 Å². The molecule has 0 aliphatic rings. The van der Waals surface area contributed by atoms with Gasteiger partial charge in [-0.05, 0) is 31.2 Å². The standard InChI is InChI=1S/C18H19NO5/c1-12-5-4-6-13(9-12)18(21)24-11-17(20)19-14-7-8-15(22-2)16(10-14)23-3/h4-10H,11H2,1-3H3,(H,19,20). The molecule has 126 valence electrons. The molecule has 0 unspecified atom stereocenters. The Hall–Kier alpha value is -3.02. The van der Waals surface area contributed by atoms with Crippen molar-refractivity contribution in [1.82, 2.24) is 0 Å². The highest BCUT2D eigenvalue weighted by Gasteiger charge is 2.11. The van der Waals surface area contributed by atoms with E-state index in [1.807, 2.05) is 13.0 Å². The predicted octanol–water partition coefficient (Wildman–Crippen LogP) is 2.81. The van der Waals surface area contributed by atoms with E-state index < -0.39 is 11.9 Å². The molecule has 0 aliphatic carbocycles. The molecule has 0 spiro atoms. The molecule has 2 aromatic carbocycles. The maximum absolute atomic E-state index is 11.9. The van der Waals surface area contributed by atoms with Crippen LogP contribution in [-0.2, 0) is 9.53 Å². The summed E-state index contributed by atoms with van der Waals surface area (Å²) in [7, 11) is 3.04. The van der Waals surface area contributed by atoms with Crippen LogP contribution in [0.3, 0.4) is 0 Å². The van der Waals surface area contributed by atoms with Crippen molar-refractivity contribution in [1.29, 1.82) is 0 Å². The molecule has 24 heavy (non-hydrogen) atoms. The Bertz CT molecular complexity index is 742. The predicted molar refractivity (Wildman–Crippen MR) is 89.6 cm³/mol. The molecule has 0 bridgehead atoms. The number of aryl methyl sites for hydroxylation is 1. The smallest absolute Gasteiger partial charge is 0.338 e. The Morgan fingerprint density at radius 2 is 1.75 bits per heavy atom. The van der Waals surface area contributed by atoms with Crippen molar-refractivity contribution < 1.29 is 23.8 Å². The lowest BCUT2D eigenvalue weighted by atomic mass is 10.1. The number of carbonyl (C=O) groups excluding carboxylic acids is 2. The van der Waals surface area contributed by atoms with Gasteiger partial charge in [0.15, 0.2) is 18.1 Å². The maximum atomic E-state index is 11.9. The second-order valence-corrected chi connectivity index (χ2v) is 5.06. The SMILES string of the molecule is COc1ccc(NC(=O)COC(=O)c2cccc(C)c2)cc1OC. The molecule has 0 radical (unpaired) electrons. The average molecular weight is 329 g/mol. The van der Waals surface area contributed by atoms with Crippen molar-refractivity contribution in [2.45, 2.75) is 6.92 Å². The Morgan fingerprint density at radius 1 is 1.00 bits per heavy atom. The third-order valence-corrected chi connectivity index (χ3v) is 3.26. The highest BCUT2D eigenvalue weighted by atomic mass is 16.5. The average Bonchev–Trinajstić information content (AvgIpc) is 2.59. The number of ether oxygens (including phenoxy) is 3. The van der Waals surface area contributed by atoms with E-state index >= 15 is 0 Å². The number of esters is 1. The van der Waals surface area contributed by atoms with Crippen molar-refractivity contribution in [2.24, 2.45) is 0 Å². The van der Waals surface area contributed by atoms with E-state index in [4.69, 9.17) is 14.2 Å². The van der Waals surface area contributed by atoms with Crippen LogP contribution in [0, 0.1) is 6.92 Å². The first-order valence-electron chi connectivity index (χ1n) is 7.29. The highest BCUT2D eigenvalue weighted by Crippen LogP contribution is 2.29. The van der Waals surface area contributed by atoms with Crippen molar-refractivity contribution in [3.63, 3.8) is 0 Å². The van der Waals surface area contributed by atoms with Crippen molar-refractivity contribution in [3.8, 4) is 11.5 Å². The van der Waals surface area contributed by atoms with Gasteiger partial charge in [0.1, 0.15) is 0 Å². The summed E-state index contributed by atoms with van der Waals surface area (Å²) in [5, 5.41) is 2.63. The van der Waals surface area contributed by atoms with Gasteiger partial charge in [-0.25, -0.2) is 4.79 Å². The van der Waals surface area contributed by atoms with Gasteiger partial charge in [-0.2, -0.15) is 0 Å². The zero-order valence-electron chi connectivity index (χ0n) is 13.8. The summed E-state index contributed by atoms with van der Waals surface area (Å²) in [4.78, 5) is 23.8. The minimum atomic E-state index is -0.541. The van der Waals surface area contributed by atoms with Crippen molar-refractivity contribution in [2.75, 3.05) is 26.1 Å². The van der Waals surface area contributed by atoms with Crippen LogP contribution in [-0.4, -0.2) is 32.7 Å². The molecule has 2 aromatic rings. The number of anilines is 1. The van der Waals surface area contributed by atoms with Gasteiger partial charge in [0.2, 0.25) is 0 Å². The molecule has 2 rings (SSSR count). The van der Waals surface area contributed by atoms with Gasteiger partial charge < -0.3 is 19.5 Å². The lowest BCUT2D eigenvalue weighted by Gasteiger charge is -2.11. The number of benzene rings is 2. The van der Waals surface area contributed by atoms with E-state index in [0.717, 1.165) is 5.56 Å². The molecule has 0 atom stereocenters. The van der Waals surface area contributed by atoms with Crippen LogP contribution >= 0.6 is 0 Å². The van der Waals surface area contributed by atoms with Crippen molar-refractivity contribution in [3.05, 3.63) is 53.6 Å². The van der Waals surface area contributed by atoms with Crippen LogP contribution in [0.25, 0.3) is 0 Å². The van der Waals surface area contributed by atoms with Gasteiger partial charge in [0.25, 0.3) is 5.91 Å². The molecular formula is C18H19NO5. The molecule has 0 aromatic heterocycles. The summed E-state index contributed by atoms with van der Waals surface area (Å²) in [6.45, 7) is 1.50. The normalized spacial score (nSPS) is 9.96. The Balaban J connectivity index is 1.92. The number of hydrogen-bond donors (Lipinski definition) is 1. The minimum Gasteiger partial charge on any atom is -0.493 e. The molecule has 0 saturated carbocycles. The molecule has 0 heterocycles. The largest absolute Gasteiger partial charge is 0.493 e. The van der Waals surface area contributed by atoms with Crippen LogP contribution in [0.1, 0.15) is 15.9 Å². The third-order valence-electron chi connectivity index (χ3n) is 3.26. The maximum Gasteiger partial charge on any atom is 0.338 e. The number of hydrogen-bond acceptors (Lipinski definition) is 5. The Morgan fingerprint density at radius 3 is 2.42 bits per heavy atom. The van der Waals surface area contributed by atoms with Gasteiger partial charge in [0, 0.05) is 11.8 Å². The summed E-state index contributed by atoms with van der Waals surface area (Å²) < 4.78 is 15.3. The van der Waals surface area contributed by atoms with E-state index in [1.54, 1.807) is 36.4 Å². The molecule has 6 nitrogen and oxygen atoms in total. The van der Waals surface area contributed by atoms with Gasteiger partial charge in [0.05, 0.1) is 19.8 Å². The van der Waals surface area contributed by atoms with E-state index in [-0.39, 0.29) is 6.61 Å². The third kappa shape index (κ3) is 4.49. The molecule has 1 amide bonds. The number of nitrogens with one attached hydrogen (secondary N) is 1. The van der Waals surface area contributed by atoms with E-state index in [0.29, 0.717) is 22.7 Å². The number of rotatable bonds is 6. The second kappa shape index (κ2) is 8.01. The topological polar surface area (TPSA) is 73.9 Å². The summed E-state index contributed by atoms with van der Waals surface area (Å²) in [5.41, 5.74) is 1.87. The van der Waals surface area contributed by atoms with Crippen LogP contribution in [0.4, 0.5) is 5.69 Å². The van der Waals surface area contributed by atoms with Gasteiger partial charge in [-0.1, -0.05) is 17.7 Å². The summed E-state index contributed by atoms with van der Waals surface area (Å²) in [5.74, 6) is 0.0674. The summed E-state index contributed by atoms with van der Waals surface area (Å²) >= 11 is 0. The van der Waals surface area contributed by atoms with Crippen molar-refractivity contribution >= 4 is 17.6 Å². The first-order valence-corrected chi connectivity index (χ1v) is 7.29. The minimum absolute atomic E-state index is 0.374. The van der Waals surface area contributed by atoms with Crippen LogP contribution in [0.5, 0.6) is 11.5 Å². The first kappa shape index (κ1) is 17.3. The molecule has 0 aliphatic heterocycles. The Kier molecular flexibility index (Phi) is 5.78. The van der Waals surface area contributed by atoms with Crippen LogP contribution < -0.4 is 14.8 Å². The molecule has 1 N–H and O–H groups in total. The van der Waals surface area contributed by atoms with Gasteiger partial charge in [-0.15, -0.1) is 0 Å². The van der Waals surface area contributed by atoms with Gasteiger partial charge >= 0.3 is 5.97 Å². The molecular weight excluding hydrogens is 310 g/mol. The van der Waals surface area contributed by atoms with Gasteiger partial charge in [-0.3, -0.25) is 4.79 Å². The summed E-state index contributed by atoms with van der Waals surface area (Å²) in [6, 6.07) is 11.9. The quantitative estimate of drug-likeness (QED) is 0.825. The van der Waals surface area contributed by atoms with Crippen LogP contribution in [0.15, 0.2) is 42.5 Å². The molecule has 6 heteroatoms. The zero-order chi connectivity index (χ0) is 17.5. The fourth-order valence-electron chi connectivity index (χ4n) is 2.10. The van der Waals surface area contributed by atoms with E-state index in [1.165, 1.54) is 14.2 Å². The van der Waals surface area contributed by atoms with E-state index in [9.17, 15) is 9.59 Å². The number of amides is 1. The van der Waals surface area contributed by atoms with E-state index in [2.05, 4.69) is 5.32 Å². The molecule has 0 fully saturated rings. The fraction of sp³-hybridized carbons (Fsp3) is 0.222. The number of carbonyl (C=O) groups is 2. The lowest BCUT2D eigenvalue weighted by Crippen LogP contribution is -2.21. The highest BCUT2D eigenvalue weighted by molar-refractivity contribution is 5.95. The summed E-state index contributed by atoms with van der Waals surface area (Å²) in [6.07, 6.45) is 0. The monoisotopic (exact) mass is 329 g/mol. The fourth-order valence-corrected chi connectivity index (χ4v) is 2.10. The first-order chi connectivity index (χ1) is 11.5. The second-order valence-electron chi connectivity index (χ2n) is 5.06. The van der Waals surface area contributed by atoms with Crippen LogP contribution in [0.2, 0.25) is 0 Å². The molecule has 0 saturated heterocycles. The zero-order valence-corrected chi connectivity index (χ0v) is 13.8. The lowest BCUT2D eigenvalue weighted by molar-refractivity contribution is -0.119. The number of methoxy groups -OCH3 is 2.